The van der Waals surface area contributed by atoms with Crippen molar-refractivity contribution < 1.29 is 13.9 Å². The van der Waals surface area contributed by atoms with Crippen LogP contribution >= 0.6 is 23.2 Å². The van der Waals surface area contributed by atoms with Crippen molar-refractivity contribution >= 4 is 29.2 Å². The largest absolute Gasteiger partial charge is 0.464 e. The lowest BCUT2D eigenvalue weighted by Gasteiger charge is -2.02. The molecule has 0 atom stereocenters. The molecule has 7 heteroatoms. The molecule has 0 fully saturated rings. The minimum absolute atomic E-state index is 0.0386. The molecule has 0 saturated heterocycles. The summed E-state index contributed by atoms with van der Waals surface area (Å²) in [5.74, 6) is -0.413. The predicted octanol–water partition coefficient (Wildman–Crippen LogP) is 2.83. The van der Waals surface area contributed by atoms with Crippen molar-refractivity contribution in [3.63, 3.8) is 0 Å². The van der Waals surface area contributed by atoms with E-state index in [4.69, 9.17) is 27.6 Å². The number of hydrogen-bond donors (Lipinski definition) is 0. The van der Waals surface area contributed by atoms with Crippen molar-refractivity contribution in [2.24, 2.45) is 0 Å². The Labute approximate surface area is 106 Å². The zero-order chi connectivity index (χ0) is 12.4. The van der Waals surface area contributed by atoms with Crippen LogP contribution in [0.25, 0.3) is 11.3 Å². The Morgan fingerprint density at radius 1 is 1.41 bits per heavy atom. The van der Waals surface area contributed by atoms with Gasteiger partial charge in [-0.25, -0.2) is 14.8 Å². The molecule has 17 heavy (non-hydrogen) atoms. The summed E-state index contributed by atoms with van der Waals surface area (Å²) < 4.78 is 9.70. The standard InChI is InChI=1S/C10H6Cl2N2O3/c1-16-10(15)8-9(17-4-14-8)5-2-7(12)13-3-6(5)11/h2-4H,1H3. The number of methoxy groups -OCH3 is 1. The second kappa shape index (κ2) is 4.73. The van der Waals surface area contributed by atoms with E-state index >= 15 is 0 Å². The molecule has 0 saturated carbocycles. The van der Waals surface area contributed by atoms with E-state index in [2.05, 4.69) is 14.7 Å². The van der Waals surface area contributed by atoms with Gasteiger partial charge in [-0.1, -0.05) is 23.2 Å². The molecule has 0 aliphatic rings. The topological polar surface area (TPSA) is 65.2 Å². The summed E-state index contributed by atoms with van der Waals surface area (Å²) in [6.45, 7) is 0. The van der Waals surface area contributed by atoms with Gasteiger partial charge in [-0.15, -0.1) is 0 Å². The number of aromatic nitrogens is 2. The van der Waals surface area contributed by atoms with Gasteiger partial charge in [0.05, 0.1) is 12.1 Å². The zero-order valence-corrected chi connectivity index (χ0v) is 10.1. The molecule has 5 nitrogen and oxygen atoms in total. The molecule has 2 aromatic rings. The summed E-state index contributed by atoms with van der Waals surface area (Å²) in [7, 11) is 1.25. The summed E-state index contributed by atoms with van der Waals surface area (Å²) in [4.78, 5) is 19.0. The summed E-state index contributed by atoms with van der Waals surface area (Å²) in [5, 5.41) is 0.535. The zero-order valence-electron chi connectivity index (χ0n) is 8.61. The van der Waals surface area contributed by atoms with Crippen molar-refractivity contribution in [1.82, 2.24) is 9.97 Å². The van der Waals surface area contributed by atoms with Gasteiger partial charge in [0.1, 0.15) is 5.15 Å². The highest BCUT2D eigenvalue weighted by Gasteiger charge is 2.21. The Morgan fingerprint density at radius 2 is 2.18 bits per heavy atom. The number of nitrogens with zero attached hydrogens (tertiary/aromatic N) is 2. The van der Waals surface area contributed by atoms with Gasteiger partial charge in [0.15, 0.2) is 17.8 Å². The number of hydrogen-bond acceptors (Lipinski definition) is 5. The number of rotatable bonds is 2. The van der Waals surface area contributed by atoms with Crippen molar-refractivity contribution in [1.29, 1.82) is 0 Å². The monoisotopic (exact) mass is 272 g/mol. The van der Waals surface area contributed by atoms with E-state index in [1.165, 1.54) is 19.4 Å². The Morgan fingerprint density at radius 3 is 2.88 bits per heavy atom. The highest BCUT2D eigenvalue weighted by atomic mass is 35.5. The number of halogens is 2. The molecule has 0 bridgehead atoms. The second-order valence-corrected chi connectivity index (χ2v) is 3.80. The summed E-state index contributed by atoms with van der Waals surface area (Å²) in [5.41, 5.74) is 0.473. The second-order valence-electron chi connectivity index (χ2n) is 3.01. The Bertz CT molecular complexity index is 568. The molecule has 0 aliphatic heterocycles. The fourth-order valence-electron chi connectivity index (χ4n) is 1.27. The van der Waals surface area contributed by atoms with E-state index < -0.39 is 5.97 Å². The van der Waals surface area contributed by atoms with Gasteiger partial charge in [0, 0.05) is 11.8 Å². The van der Waals surface area contributed by atoms with Crippen molar-refractivity contribution in [3.05, 3.63) is 34.5 Å². The van der Waals surface area contributed by atoms with Crippen LogP contribution in [0.5, 0.6) is 0 Å². The number of carbonyl (C=O) groups excluding carboxylic acids is 1. The van der Waals surface area contributed by atoms with Crippen LogP contribution in [0.4, 0.5) is 0 Å². The molecule has 0 spiro atoms. The van der Waals surface area contributed by atoms with Crippen molar-refractivity contribution in [2.75, 3.05) is 7.11 Å². The van der Waals surface area contributed by atoms with Crippen LogP contribution in [0.15, 0.2) is 23.1 Å². The minimum atomic E-state index is -0.613. The molecule has 88 valence electrons. The number of esters is 1. The van der Waals surface area contributed by atoms with E-state index in [1.807, 2.05) is 0 Å². The molecular weight excluding hydrogens is 267 g/mol. The molecule has 0 radical (unpaired) electrons. The van der Waals surface area contributed by atoms with Crippen molar-refractivity contribution in [2.45, 2.75) is 0 Å². The lowest BCUT2D eigenvalue weighted by Crippen LogP contribution is -2.03. The average Bonchev–Trinajstić information content (AvgIpc) is 2.80. The first kappa shape index (κ1) is 11.9. The molecule has 0 aliphatic carbocycles. The van der Waals surface area contributed by atoms with Gasteiger partial charge < -0.3 is 9.15 Å². The molecule has 2 aromatic heterocycles. The predicted molar refractivity (Wildman–Crippen MR) is 61.1 cm³/mol. The van der Waals surface area contributed by atoms with E-state index in [0.717, 1.165) is 6.39 Å². The molecule has 0 aromatic carbocycles. The third-order valence-corrected chi connectivity index (χ3v) is 2.52. The lowest BCUT2D eigenvalue weighted by molar-refractivity contribution is 0.0595. The van der Waals surface area contributed by atoms with Crippen LogP contribution in [0, 0.1) is 0 Å². The van der Waals surface area contributed by atoms with Gasteiger partial charge in [-0.2, -0.15) is 0 Å². The molecule has 2 rings (SSSR count). The first-order valence-corrected chi connectivity index (χ1v) is 5.22. The van der Waals surface area contributed by atoms with E-state index in [-0.39, 0.29) is 16.6 Å². The normalized spacial score (nSPS) is 10.3. The van der Waals surface area contributed by atoms with E-state index in [1.54, 1.807) is 0 Å². The quantitative estimate of drug-likeness (QED) is 0.621. The Kier molecular flexibility index (Phi) is 3.31. The summed E-state index contributed by atoms with van der Waals surface area (Å²) in [6.07, 6.45) is 2.50. The number of ether oxygens (including phenoxy) is 1. The Balaban J connectivity index is 2.57. The van der Waals surface area contributed by atoms with Crippen LogP contribution in [0.1, 0.15) is 10.5 Å². The molecule has 0 amide bonds. The summed E-state index contributed by atoms with van der Waals surface area (Å²) >= 11 is 11.7. The van der Waals surface area contributed by atoms with Crippen LogP contribution in [-0.4, -0.2) is 23.0 Å². The van der Waals surface area contributed by atoms with E-state index in [0.29, 0.717) is 10.6 Å². The maximum absolute atomic E-state index is 11.4. The number of oxazole rings is 1. The van der Waals surface area contributed by atoms with E-state index in [9.17, 15) is 4.79 Å². The fourth-order valence-corrected chi connectivity index (χ4v) is 1.61. The smallest absolute Gasteiger partial charge is 0.360 e. The highest BCUT2D eigenvalue weighted by Crippen LogP contribution is 2.31. The van der Waals surface area contributed by atoms with Gasteiger partial charge >= 0.3 is 5.97 Å². The lowest BCUT2D eigenvalue weighted by atomic mass is 10.2. The van der Waals surface area contributed by atoms with Crippen LogP contribution < -0.4 is 0 Å². The van der Waals surface area contributed by atoms with Crippen LogP contribution in [-0.2, 0) is 4.74 Å². The Hall–Kier alpha value is -1.59. The first-order valence-electron chi connectivity index (χ1n) is 4.46. The van der Waals surface area contributed by atoms with Gasteiger partial charge in [0.25, 0.3) is 0 Å². The minimum Gasteiger partial charge on any atom is -0.464 e. The fraction of sp³-hybridized carbons (Fsp3) is 0.100. The molecular formula is C10H6Cl2N2O3. The first-order chi connectivity index (χ1) is 8.13. The third kappa shape index (κ3) is 2.25. The van der Waals surface area contributed by atoms with Crippen LogP contribution in [0.3, 0.4) is 0 Å². The van der Waals surface area contributed by atoms with Gasteiger partial charge in [0.2, 0.25) is 0 Å². The average molecular weight is 273 g/mol. The highest BCUT2D eigenvalue weighted by molar-refractivity contribution is 6.34. The molecule has 2 heterocycles. The maximum atomic E-state index is 11.4. The van der Waals surface area contributed by atoms with Gasteiger partial charge in [-0.3, -0.25) is 0 Å². The van der Waals surface area contributed by atoms with Gasteiger partial charge in [-0.05, 0) is 6.07 Å². The number of pyridine rings is 1. The molecule has 0 N–H and O–H groups in total. The number of carbonyl (C=O) groups is 1. The maximum Gasteiger partial charge on any atom is 0.360 e. The SMILES string of the molecule is COC(=O)c1ncoc1-c1cc(Cl)ncc1Cl. The third-order valence-electron chi connectivity index (χ3n) is 2.01. The molecule has 0 unspecified atom stereocenters. The van der Waals surface area contributed by atoms with Crippen molar-refractivity contribution in [3.8, 4) is 11.3 Å². The van der Waals surface area contributed by atoms with Crippen LogP contribution in [0.2, 0.25) is 10.2 Å². The summed E-state index contributed by atoms with van der Waals surface area (Å²) in [6, 6.07) is 1.48.